The number of amides is 1. The van der Waals surface area contributed by atoms with Gasteiger partial charge in [0.1, 0.15) is 0 Å². The molecule has 0 bridgehead atoms. The first kappa shape index (κ1) is 9.47. The number of benzene rings is 1. The van der Waals surface area contributed by atoms with E-state index >= 15 is 0 Å². The smallest absolute Gasteiger partial charge is 0.228 e. The second-order valence-electron chi connectivity index (χ2n) is 4.31. The highest BCUT2D eigenvalue weighted by atomic mass is 16.3. The first-order chi connectivity index (χ1) is 8.79. The van der Waals surface area contributed by atoms with Gasteiger partial charge in [-0.3, -0.25) is 4.79 Å². The van der Waals surface area contributed by atoms with E-state index in [0.717, 1.165) is 22.3 Å². The number of aromatic nitrogens is 2. The van der Waals surface area contributed by atoms with Crippen molar-refractivity contribution in [1.82, 2.24) is 9.97 Å². The van der Waals surface area contributed by atoms with Crippen molar-refractivity contribution >= 4 is 22.6 Å². The number of aromatic amines is 1. The maximum Gasteiger partial charge on any atom is 0.228 e. The molecule has 2 N–H and O–H groups in total. The molecule has 5 nitrogen and oxygen atoms in total. The monoisotopic (exact) mass is 239 g/mol. The molecule has 2 aromatic heterocycles. The minimum Gasteiger partial charge on any atom is -0.461 e. The highest BCUT2D eigenvalue weighted by molar-refractivity contribution is 6.02. The average Bonchev–Trinajstić information content (AvgIpc) is 3.02. The summed E-state index contributed by atoms with van der Waals surface area (Å²) in [5.41, 5.74) is 3.59. The van der Waals surface area contributed by atoms with Gasteiger partial charge < -0.3 is 14.7 Å². The van der Waals surface area contributed by atoms with Crippen molar-refractivity contribution in [1.29, 1.82) is 0 Å². The summed E-state index contributed by atoms with van der Waals surface area (Å²) in [7, 11) is 0. The zero-order valence-electron chi connectivity index (χ0n) is 9.36. The topological polar surface area (TPSA) is 70.9 Å². The van der Waals surface area contributed by atoms with Gasteiger partial charge >= 0.3 is 0 Å². The van der Waals surface area contributed by atoms with E-state index < -0.39 is 0 Å². The number of carbonyl (C=O) groups excluding carboxylic acids is 1. The fourth-order valence-corrected chi connectivity index (χ4v) is 2.26. The lowest BCUT2D eigenvalue weighted by Gasteiger charge is -1.96. The summed E-state index contributed by atoms with van der Waals surface area (Å²) < 4.78 is 5.30. The molecule has 5 heteroatoms. The van der Waals surface area contributed by atoms with Crippen LogP contribution in [-0.2, 0) is 11.2 Å². The van der Waals surface area contributed by atoms with Crippen molar-refractivity contribution in [3.05, 3.63) is 36.1 Å². The van der Waals surface area contributed by atoms with Crippen molar-refractivity contribution in [2.45, 2.75) is 6.42 Å². The maximum atomic E-state index is 11.3. The van der Waals surface area contributed by atoms with E-state index in [1.807, 2.05) is 24.3 Å². The number of hydrogen-bond acceptors (Lipinski definition) is 3. The number of hydrogen-bond donors (Lipinski definition) is 2. The fourth-order valence-electron chi connectivity index (χ4n) is 2.26. The Morgan fingerprint density at radius 2 is 2.28 bits per heavy atom. The van der Waals surface area contributed by atoms with Crippen LogP contribution in [0.2, 0.25) is 0 Å². The molecule has 1 aliphatic rings. The zero-order valence-corrected chi connectivity index (χ0v) is 9.36. The highest BCUT2D eigenvalue weighted by Gasteiger charge is 2.19. The summed E-state index contributed by atoms with van der Waals surface area (Å²) in [5, 5.41) is 2.82. The van der Waals surface area contributed by atoms with Crippen LogP contribution in [0.3, 0.4) is 0 Å². The van der Waals surface area contributed by atoms with E-state index in [-0.39, 0.29) is 5.91 Å². The molecular formula is C13H9N3O2. The SMILES string of the molecule is O=C1Cc2cc3[nH]c(-c4ccco4)nc3cc2N1. The lowest BCUT2D eigenvalue weighted by Crippen LogP contribution is -2.03. The number of furan rings is 1. The van der Waals surface area contributed by atoms with Crippen LogP contribution < -0.4 is 5.32 Å². The van der Waals surface area contributed by atoms with Gasteiger partial charge in [0.25, 0.3) is 0 Å². The van der Waals surface area contributed by atoms with Gasteiger partial charge in [0, 0.05) is 5.69 Å². The molecule has 0 saturated carbocycles. The van der Waals surface area contributed by atoms with Crippen LogP contribution >= 0.6 is 0 Å². The number of anilines is 1. The Morgan fingerprint density at radius 1 is 1.33 bits per heavy atom. The lowest BCUT2D eigenvalue weighted by atomic mass is 10.1. The van der Waals surface area contributed by atoms with Gasteiger partial charge in [-0.05, 0) is 29.8 Å². The van der Waals surface area contributed by atoms with Crippen LogP contribution in [0, 0.1) is 0 Å². The predicted octanol–water partition coefficient (Wildman–Crippen LogP) is 2.32. The van der Waals surface area contributed by atoms with Crippen molar-refractivity contribution in [3.8, 4) is 11.6 Å². The number of imidazole rings is 1. The van der Waals surface area contributed by atoms with Crippen LogP contribution in [0.1, 0.15) is 5.56 Å². The Bertz CT molecular complexity index is 711. The van der Waals surface area contributed by atoms with Crippen LogP contribution in [-0.4, -0.2) is 15.9 Å². The van der Waals surface area contributed by atoms with Gasteiger partial charge in [-0.2, -0.15) is 0 Å². The van der Waals surface area contributed by atoms with Crippen molar-refractivity contribution in [3.63, 3.8) is 0 Å². The third-order valence-electron chi connectivity index (χ3n) is 3.09. The maximum absolute atomic E-state index is 11.3. The zero-order chi connectivity index (χ0) is 12.1. The van der Waals surface area contributed by atoms with Gasteiger partial charge in [0.15, 0.2) is 11.6 Å². The fraction of sp³-hybridized carbons (Fsp3) is 0.0769. The Balaban J connectivity index is 1.90. The van der Waals surface area contributed by atoms with Gasteiger partial charge in [0.2, 0.25) is 5.91 Å². The molecule has 1 aliphatic heterocycles. The average molecular weight is 239 g/mol. The molecule has 0 atom stereocenters. The minimum absolute atomic E-state index is 0.0314. The van der Waals surface area contributed by atoms with Gasteiger partial charge in [0.05, 0.1) is 23.7 Å². The molecule has 0 fully saturated rings. The summed E-state index contributed by atoms with van der Waals surface area (Å²) in [6.45, 7) is 0. The second-order valence-corrected chi connectivity index (χ2v) is 4.31. The molecule has 0 saturated heterocycles. The summed E-state index contributed by atoms with van der Waals surface area (Å²) in [6, 6.07) is 7.52. The Morgan fingerprint density at radius 3 is 3.11 bits per heavy atom. The van der Waals surface area contributed by atoms with E-state index in [2.05, 4.69) is 15.3 Å². The number of rotatable bonds is 1. The molecule has 18 heavy (non-hydrogen) atoms. The van der Waals surface area contributed by atoms with Crippen molar-refractivity contribution in [2.75, 3.05) is 5.32 Å². The molecule has 0 aliphatic carbocycles. The van der Waals surface area contributed by atoms with Gasteiger partial charge in [-0.15, -0.1) is 0 Å². The standard InChI is InChI=1S/C13H9N3O2/c17-12-5-7-4-9-10(6-8(7)14-12)16-13(15-9)11-2-1-3-18-11/h1-4,6H,5H2,(H,14,17)(H,15,16). The summed E-state index contributed by atoms with van der Waals surface area (Å²) >= 11 is 0. The second kappa shape index (κ2) is 3.22. The first-order valence-electron chi connectivity index (χ1n) is 5.66. The highest BCUT2D eigenvalue weighted by Crippen LogP contribution is 2.29. The predicted molar refractivity (Wildman–Crippen MR) is 66.1 cm³/mol. The van der Waals surface area contributed by atoms with E-state index in [1.54, 1.807) is 6.26 Å². The third-order valence-corrected chi connectivity index (χ3v) is 3.09. The van der Waals surface area contributed by atoms with E-state index in [4.69, 9.17) is 4.42 Å². The molecule has 0 unspecified atom stereocenters. The Hall–Kier alpha value is -2.56. The van der Waals surface area contributed by atoms with E-state index in [9.17, 15) is 4.79 Å². The third kappa shape index (κ3) is 1.27. The molecule has 88 valence electrons. The van der Waals surface area contributed by atoms with Crippen LogP contribution in [0.15, 0.2) is 34.9 Å². The number of fused-ring (bicyclic) bond motifs is 2. The molecular weight excluding hydrogens is 230 g/mol. The van der Waals surface area contributed by atoms with Crippen molar-refractivity contribution in [2.24, 2.45) is 0 Å². The summed E-state index contributed by atoms with van der Waals surface area (Å²) in [6.07, 6.45) is 2.04. The molecule has 4 rings (SSSR count). The first-order valence-corrected chi connectivity index (χ1v) is 5.66. The summed E-state index contributed by atoms with van der Waals surface area (Å²) in [5.74, 6) is 1.43. The Labute approximate surface area is 102 Å². The van der Waals surface area contributed by atoms with Gasteiger partial charge in [-0.1, -0.05) is 0 Å². The number of carbonyl (C=O) groups is 1. The number of nitrogens with zero attached hydrogens (tertiary/aromatic N) is 1. The van der Waals surface area contributed by atoms with Gasteiger partial charge in [-0.25, -0.2) is 4.98 Å². The molecule has 3 heterocycles. The molecule has 0 radical (unpaired) electrons. The lowest BCUT2D eigenvalue weighted by molar-refractivity contribution is -0.115. The quantitative estimate of drug-likeness (QED) is 0.684. The van der Waals surface area contributed by atoms with E-state index in [0.29, 0.717) is 18.0 Å². The number of H-pyrrole nitrogens is 1. The molecule has 1 amide bonds. The van der Waals surface area contributed by atoms with Crippen molar-refractivity contribution < 1.29 is 9.21 Å². The minimum atomic E-state index is 0.0314. The normalized spacial score (nSPS) is 13.9. The molecule has 1 aromatic carbocycles. The molecule has 0 spiro atoms. The largest absolute Gasteiger partial charge is 0.461 e. The van der Waals surface area contributed by atoms with E-state index in [1.165, 1.54) is 0 Å². The number of nitrogens with one attached hydrogen (secondary N) is 2. The Kier molecular flexibility index (Phi) is 1.70. The molecule has 3 aromatic rings. The van der Waals surface area contributed by atoms with Crippen LogP contribution in [0.5, 0.6) is 0 Å². The van der Waals surface area contributed by atoms with Crippen LogP contribution in [0.4, 0.5) is 5.69 Å². The summed E-state index contributed by atoms with van der Waals surface area (Å²) in [4.78, 5) is 19.0. The van der Waals surface area contributed by atoms with Crippen LogP contribution in [0.25, 0.3) is 22.6 Å².